The van der Waals surface area contributed by atoms with Crippen molar-refractivity contribution in [2.45, 2.75) is 32.5 Å². The number of nitrogens with zero attached hydrogens (tertiary/aromatic N) is 2. The van der Waals surface area contributed by atoms with E-state index in [1.165, 1.54) is 37.1 Å². The molecule has 24 heavy (non-hydrogen) atoms. The van der Waals surface area contributed by atoms with Crippen LogP contribution in [0.25, 0.3) is 0 Å². The van der Waals surface area contributed by atoms with Crippen molar-refractivity contribution in [3.8, 4) is 0 Å². The molecule has 1 aromatic carbocycles. The zero-order chi connectivity index (χ0) is 16.6. The Balaban J connectivity index is 1.44. The molecule has 2 amide bonds. The molecule has 5 heteroatoms. The van der Waals surface area contributed by atoms with Gasteiger partial charge in [0.2, 0.25) is 0 Å². The SMILES string of the molecule is O=C(NCCn1cccc1)NCc1ccccc1CN1CCCC1. The predicted octanol–water partition coefficient (Wildman–Crippen LogP) is 2.58. The Morgan fingerprint density at radius 1 is 0.958 bits per heavy atom. The summed E-state index contributed by atoms with van der Waals surface area (Å²) in [5, 5.41) is 5.87. The molecule has 0 atom stereocenters. The first-order valence-electron chi connectivity index (χ1n) is 8.73. The Kier molecular flexibility index (Phi) is 5.90. The maximum absolute atomic E-state index is 12.0. The molecule has 5 nitrogen and oxygen atoms in total. The molecule has 0 aliphatic carbocycles. The molecular formula is C19H26N4O. The van der Waals surface area contributed by atoms with Crippen molar-refractivity contribution >= 4 is 6.03 Å². The molecule has 0 bridgehead atoms. The number of carbonyl (C=O) groups excluding carboxylic acids is 1. The minimum absolute atomic E-state index is 0.113. The van der Waals surface area contributed by atoms with Crippen LogP contribution in [0.2, 0.25) is 0 Å². The molecule has 0 radical (unpaired) electrons. The predicted molar refractivity (Wildman–Crippen MR) is 95.6 cm³/mol. The van der Waals surface area contributed by atoms with Gasteiger partial charge in [-0.15, -0.1) is 0 Å². The van der Waals surface area contributed by atoms with Crippen molar-refractivity contribution < 1.29 is 4.79 Å². The fourth-order valence-corrected chi connectivity index (χ4v) is 3.12. The van der Waals surface area contributed by atoms with E-state index >= 15 is 0 Å². The fourth-order valence-electron chi connectivity index (χ4n) is 3.12. The van der Waals surface area contributed by atoms with Crippen LogP contribution in [0.4, 0.5) is 4.79 Å². The molecule has 3 rings (SSSR count). The number of amides is 2. The van der Waals surface area contributed by atoms with Crippen molar-refractivity contribution in [1.29, 1.82) is 0 Å². The van der Waals surface area contributed by atoms with E-state index in [0.717, 1.165) is 13.1 Å². The number of hydrogen-bond donors (Lipinski definition) is 2. The van der Waals surface area contributed by atoms with Crippen LogP contribution in [0.5, 0.6) is 0 Å². The number of urea groups is 1. The fraction of sp³-hybridized carbons (Fsp3) is 0.421. The third-order valence-corrected chi connectivity index (χ3v) is 4.47. The van der Waals surface area contributed by atoms with Gasteiger partial charge in [-0.1, -0.05) is 24.3 Å². The number of hydrogen-bond acceptors (Lipinski definition) is 2. The summed E-state index contributed by atoms with van der Waals surface area (Å²) in [5.41, 5.74) is 2.51. The highest BCUT2D eigenvalue weighted by Gasteiger charge is 2.13. The molecule has 1 aliphatic heterocycles. The van der Waals surface area contributed by atoms with Crippen LogP contribution in [0.3, 0.4) is 0 Å². The molecule has 0 unspecified atom stereocenters. The second kappa shape index (κ2) is 8.55. The quantitative estimate of drug-likeness (QED) is 0.822. The van der Waals surface area contributed by atoms with Crippen molar-refractivity contribution in [1.82, 2.24) is 20.1 Å². The van der Waals surface area contributed by atoms with Gasteiger partial charge in [-0.25, -0.2) is 4.79 Å². The largest absolute Gasteiger partial charge is 0.353 e. The zero-order valence-electron chi connectivity index (χ0n) is 14.1. The van der Waals surface area contributed by atoms with Gasteiger partial charge in [0.05, 0.1) is 0 Å². The van der Waals surface area contributed by atoms with Crippen LogP contribution in [0.1, 0.15) is 24.0 Å². The maximum Gasteiger partial charge on any atom is 0.315 e. The number of rotatable bonds is 7. The minimum Gasteiger partial charge on any atom is -0.353 e. The van der Waals surface area contributed by atoms with Crippen molar-refractivity contribution in [3.05, 3.63) is 59.9 Å². The average Bonchev–Trinajstić information content (AvgIpc) is 3.28. The van der Waals surface area contributed by atoms with Crippen molar-refractivity contribution in [2.24, 2.45) is 0 Å². The van der Waals surface area contributed by atoms with Gasteiger partial charge in [-0.3, -0.25) is 4.90 Å². The molecule has 2 aromatic rings. The molecule has 0 saturated carbocycles. The number of aromatic nitrogens is 1. The molecule has 2 heterocycles. The Morgan fingerprint density at radius 3 is 2.42 bits per heavy atom. The lowest BCUT2D eigenvalue weighted by atomic mass is 10.1. The number of carbonyl (C=O) groups is 1. The molecule has 0 spiro atoms. The van der Waals surface area contributed by atoms with Gasteiger partial charge < -0.3 is 15.2 Å². The summed E-state index contributed by atoms with van der Waals surface area (Å²) in [4.78, 5) is 14.4. The number of nitrogens with one attached hydrogen (secondary N) is 2. The van der Waals surface area contributed by atoms with Gasteiger partial charge >= 0.3 is 6.03 Å². The topological polar surface area (TPSA) is 49.3 Å². The number of likely N-dealkylation sites (tertiary alicyclic amines) is 1. The summed E-state index contributed by atoms with van der Waals surface area (Å²) in [6.45, 7) is 5.32. The maximum atomic E-state index is 12.0. The van der Waals surface area contributed by atoms with Crippen LogP contribution in [-0.2, 0) is 19.6 Å². The lowest BCUT2D eigenvalue weighted by molar-refractivity contribution is 0.240. The van der Waals surface area contributed by atoms with Gasteiger partial charge in [0.1, 0.15) is 0 Å². The monoisotopic (exact) mass is 326 g/mol. The first kappa shape index (κ1) is 16.6. The molecule has 1 saturated heterocycles. The minimum atomic E-state index is -0.113. The normalized spacial score (nSPS) is 14.7. The van der Waals surface area contributed by atoms with Crippen LogP contribution in [0.15, 0.2) is 48.8 Å². The Labute approximate surface area is 143 Å². The van der Waals surface area contributed by atoms with E-state index in [1.807, 2.05) is 35.2 Å². The van der Waals surface area contributed by atoms with Gasteiger partial charge in [0.25, 0.3) is 0 Å². The summed E-state index contributed by atoms with van der Waals surface area (Å²) in [7, 11) is 0. The van der Waals surface area contributed by atoms with Crippen LogP contribution in [0, 0.1) is 0 Å². The second-order valence-corrected chi connectivity index (χ2v) is 6.28. The third-order valence-electron chi connectivity index (χ3n) is 4.47. The smallest absolute Gasteiger partial charge is 0.315 e. The van der Waals surface area contributed by atoms with E-state index in [-0.39, 0.29) is 6.03 Å². The molecule has 128 valence electrons. The molecule has 1 aliphatic rings. The Bertz CT molecular complexity index is 633. The highest BCUT2D eigenvalue weighted by molar-refractivity contribution is 5.73. The van der Waals surface area contributed by atoms with Crippen molar-refractivity contribution in [3.63, 3.8) is 0 Å². The molecule has 2 N–H and O–H groups in total. The van der Waals surface area contributed by atoms with Gasteiger partial charge in [0.15, 0.2) is 0 Å². The van der Waals surface area contributed by atoms with Gasteiger partial charge in [-0.05, 0) is 49.2 Å². The summed E-state index contributed by atoms with van der Waals surface area (Å²) >= 11 is 0. The van der Waals surface area contributed by atoms with Crippen LogP contribution >= 0.6 is 0 Å². The van der Waals surface area contributed by atoms with E-state index in [0.29, 0.717) is 13.1 Å². The average molecular weight is 326 g/mol. The molecule has 1 aromatic heterocycles. The zero-order valence-corrected chi connectivity index (χ0v) is 14.1. The van der Waals surface area contributed by atoms with E-state index in [9.17, 15) is 4.79 Å². The summed E-state index contributed by atoms with van der Waals surface area (Å²) in [6, 6.07) is 12.2. The van der Waals surface area contributed by atoms with E-state index in [1.54, 1.807) is 0 Å². The van der Waals surface area contributed by atoms with E-state index < -0.39 is 0 Å². The molecule has 1 fully saturated rings. The first-order valence-corrected chi connectivity index (χ1v) is 8.73. The highest BCUT2D eigenvalue weighted by Crippen LogP contribution is 2.16. The Morgan fingerprint density at radius 2 is 1.67 bits per heavy atom. The molecular weight excluding hydrogens is 300 g/mol. The van der Waals surface area contributed by atoms with E-state index in [2.05, 4.69) is 33.7 Å². The second-order valence-electron chi connectivity index (χ2n) is 6.28. The Hall–Kier alpha value is -2.27. The van der Waals surface area contributed by atoms with Gasteiger partial charge in [0, 0.05) is 38.6 Å². The van der Waals surface area contributed by atoms with Crippen molar-refractivity contribution in [2.75, 3.05) is 19.6 Å². The summed E-state index contributed by atoms with van der Waals surface area (Å²) in [5.74, 6) is 0. The standard InChI is InChI=1S/C19H26N4O/c24-19(20-9-14-22-10-3-4-11-22)21-15-17-7-1-2-8-18(17)16-23-12-5-6-13-23/h1-4,7-8,10-11H,5-6,9,12-16H2,(H2,20,21,24). The summed E-state index contributed by atoms with van der Waals surface area (Å²) in [6.07, 6.45) is 6.58. The van der Waals surface area contributed by atoms with Crippen LogP contribution in [-0.4, -0.2) is 35.1 Å². The van der Waals surface area contributed by atoms with E-state index in [4.69, 9.17) is 0 Å². The number of benzene rings is 1. The first-order chi connectivity index (χ1) is 11.8. The van der Waals surface area contributed by atoms with Gasteiger partial charge in [-0.2, -0.15) is 0 Å². The third kappa shape index (κ3) is 4.86. The summed E-state index contributed by atoms with van der Waals surface area (Å²) < 4.78 is 2.05. The lowest BCUT2D eigenvalue weighted by Crippen LogP contribution is -2.37. The van der Waals surface area contributed by atoms with Crippen LogP contribution < -0.4 is 10.6 Å². The lowest BCUT2D eigenvalue weighted by Gasteiger charge is -2.18. The highest BCUT2D eigenvalue weighted by atomic mass is 16.2.